The van der Waals surface area contributed by atoms with Crippen molar-refractivity contribution < 1.29 is 24.6 Å². The Morgan fingerprint density at radius 3 is 1.57 bits per heavy atom. The van der Waals surface area contributed by atoms with Gasteiger partial charge in [0.25, 0.3) is 0 Å². The third kappa shape index (κ3) is 17.2. The number of nitrogens with zero attached hydrogens (tertiary/aromatic N) is 1. The highest BCUT2D eigenvalue weighted by atomic mass is 32.2. The summed E-state index contributed by atoms with van der Waals surface area (Å²) in [5.41, 5.74) is 0.938. The lowest BCUT2D eigenvalue weighted by Gasteiger charge is -2.23. The first-order chi connectivity index (χ1) is 18.0. The number of thioether (sulfide) groups is 1. The van der Waals surface area contributed by atoms with E-state index in [1.54, 1.807) is 11.8 Å². The number of anilines is 1. The highest BCUT2D eigenvalue weighted by Crippen LogP contribution is 2.31. The number of hydrogen-bond donors (Lipinski definition) is 2. The molecule has 0 spiro atoms. The van der Waals surface area contributed by atoms with Crippen LogP contribution >= 0.6 is 11.8 Å². The maximum atomic E-state index is 12.9. The zero-order valence-electron chi connectivity index (χ0n) is 22.9. The average Bonchev–Trinajstić information content (AvgIpc) is 2.87. The van der Waals surface area contributed by atoms with Crippen LogP contribution in [0.25, 0.3) is 0 Å². The van der Waals surface area contributed by atoms with Crippen LogP contribution in [0.5, 0.6) is 0 Å². The van der Waals surface area contributed by atoms with Gasteiger partial charge in [0.15, 0.2) is 0 Å². The van der Waals surface area contributed by atoms with Gasteiger partial charge in [-0.25, -0.2) is 0 Å². The van der Waals surface area contributed by atoms with Crippen LogP contribution in [0.1, 0.15) is 122 Å². The first kappa shape index (κ1) is 33.0. The number of benzene rings is 1. The number of amides is 1. The Kier molecular flexibility index (Phi) is 19.6. The number of carboxylic acid groups (broad SMARTS) is 2. The molecule has 0 saturated heterocycles. The lowest BCUT2D eigenvalue weighted by atomic mass is 10.0. The summed E-state index contributed by atoms with van der Waals surface area (Å²) in [6.07, 6.45) is 18.1. The van der Waals surface area contributed by atoms with Gasteiger partial charge in [0.2, 0.25) is 5.91 Å². The van der Waals surface area contributed by atoms with Gasteiger partial charge in [-0.1, -0.05) is 89.2 Å². The zero-order valence-corrected chi connectivity index (χ0v) is 23.7. The van der Waals surface area contributed by atoms with Crippen LogP contribution < -0.4 is 4.90 Å². The number of unbranched alkanes of at least 4 members (excludes halogenated alkanes) is 13. The third-order valence-electron chi connectivity index (χ3n) is 6.60. The van der Waals surface area contributed by atoms with Gasteiger partial charge in [0, 0.05) is 30.7 Å². The van der Waals surface area contributed by atoms with E-state index >= 15 is 0 Å². The van der Waals surface area contributed by atoms with Crippen molar-refractivity contribution >= 4 is 35.3 Å². The summed E-state index contributed by atoms with van der Waals surface area (Å²) in [4.78, 5) is 37.1. The highest BCUT2D eigenvalue weighted by Gasteiger charge is 2.17. The molecular weight excluding hydrogens is 486 g/mol. The van der Waals surface area contributed by atoms with Gasteiger partial charge >= 0.3 is 11.9 Å². The van der Waals surface area contributed by atoms with E-state index in [2.05, 4.69) is 0 Å². The number of hydrogen-bond acceptors (Lipinski definition) is 4. The van der Waals surface area contributed by atoms with Crippen molar-refractivity contribution in [1.29, 1.82) is 0 Å². The molecule has 0 atom stereocenters. The highest BCUT2D eigenvalue weighted by molar-refractivity contribution is 7.99. The maximum Gasteiger partial charge on any atom is 0.303 e. The van der Waals surface area contributed by atoms with Crippen molar-refractivity contribution in [2.24, 2.45) is 0 Å². The Morgan fingerprint density at radius 1 is 0.649 bits per heavy atom. The summed E-state index contributed by atoms with van der Waals surface area (Å²) in [5.74, 6) is -0.556. The first-order valence-corrected chi connectivity index (χ1v) is 15.4. The predicted octanol–water partition coefficient (Wildman–Crippen LogP) is 8.32. The van der Waals surface area contributed by atoms with Gasteiger partial charge in [0.05, 0.1) is 5.69 Å². The Morgan fingerprint density at radius 2 is 1.08 bits per heavy atom. The van der Waals surface area contributed by atoms with E-state index in [1.165, 1.54) is 57.8 Å². The minimum Gasteiger partial charge on any atom is -0.481 e. The van der Waals surface area contributed by atoms with E-state index < -0.39 is 11.9 Å². The molecule has 7 heteroatoms. The van der Waals surface area contributed by atoms with Gasteiger partial charge in [-0.05, 0) is 44.1 Å². The second-order valence-electron chi connectivity index (χ2n) is 9.79. The van der Waals surface area contributed by atoms with E-state index in [-0.39, 0.29) is 12.3 Å². The normalized spacial score (nSPS) is 10.9. The molecular formula is C30H49NO5S. The average molecular weight is 536 g/mol. The third-order valence-corrected chi connectivity index (χ3v) is 7.75. The molecule has 0 radical (unpaired) electrons. The van der Waals surface area contributed by atoms with Crippen LogP contribution in [-0.4, -0.2) is 40.4 Å². The molecule has 2 N–H and O–H groups in total. The molecule has 1 aromatic rings. The number of para-hydroxylation sites is 1. The van der Waals surface area contributed by atoms with Crippen molar-refractivity contribution in [3.8, 4) is 0 Å². The van der Waals surface area contributed by atoms with Gasteiger partial charge in [-0.15, -0.1) is 11.8 Å². The van der Waals surface area contributed by atoms with E-state index in [0.29, 0.717) is 25.8 Å². The van der Waals surface area contributed by atoms with Gasteiger partial charge in [-0.2, -0.15) is 0 Å². The smallest absolute Gasteiger partial charge is 0.303 e. The van der Waals surface area contributed by atoms with Crippen molar-refractivity contribution in [2.45, 2.75) is 127 Å². The van der Waals surface area contributed by atoms with E-state index in [9.17, 15) is 14.4 Å². The minimum atomic E-state index is -0.769. The second kappa shape index (κ2) is 22.0. The molecule has 0 aliphatic rings. The zero-order chi connectivity index (χ0) is 27.1. The largest absolute Gasteiger partial charge is 0.481 e. The molecule has 1 rings (SSSR count). The fourth-order valence-corrected chi connectivity index (χ4v) is 5.51. The predicted molar refractivity (Wildman–Crippen MR) is 154 cm³/mol. The number of aliphatic carboxylic acids is 2. The van der Waals surface area contributed by atoms with Gasteiger partial charge in [-0.3, -0.25) is 14.4 Å². The molecule has 0 saturated carbocycles. The Labute approximate surface area is 228 Å². The lowest BCUT2D eigenvalue weighted by molar-refractivity contribution is -0.138. The Bertz CT molecular complexity index is 770. The standard InChI is InChI=1S/C30H49NO5S/c1-2-31(26-20-17-18-21-27(26)37-25-19-24-30(35)36)28(32)22-15-13-11-9-7-5-3-4-6-8-10-12-14-16-23-29(33)34/h17-18,20-21H,2-16,19,22-25H2,1H3,(H,33,34)(H,35,36). The molecule has 6 nitrogen and oxygen atoms in total. The number of carbonyl (C=O) groups is 3. The summed E-state index contributed by atoms with van der Waals surface area (Å²) >= 11 is 1.63. The molecule has 0 heterocycles. The maximum absolute atomic E-state index is 12.9. The molecule has 1 amide bonds. The fourth-order valence-electron chi connectivity index (χ4n) is 4.50. The quantitative estimate of drug-likeness (QED) is 0.102. The topological polar surface area (TPSA) is 94.9 Å². The Balaban J connectivity index is 2.11. The number of carboxylic acids is 2. The van der Waals surface area contributed by atoms with Gasteiger partial charge in [0.1, 0.15) is 0 Å². The number of carbonyl (C=O) groups excluding carboxylic acids is 1. The summed E-state index contributed by atoms with van der Waals surface area (Å²) < 4.78 is 0. The molecule has 0 aliphatic heterocycles. The van der Waals surface area contributed by atoms with Crippen LogP contribution in [0, 0.1) is 0 Å². The lowest BCUT2D eigenvalue weighted by Crippen LogP contribution is -2.30. The molecule has 37 heavy (non-hydrogen) atoms. The molecule has 0 bridgehead atoms. The van der Waals surface area contributed by atoms with Crippen molar-refractivity contribution in [3.05, 3.63) is 24.3 Å². The van der Waals surface area contributed by atoms with Crippen molar-refractivity contribution in [2.75, 3.05) is 17.2 Å². The summed E-state index contributed by atoms with van der Waals surface area (Å²) in [6, 6.07) is 7.93. The van der Waals surface area contributed by atoms with E-state index in [1.807, 2.05) is 36.1 Å². The van der Waals surface area contributed by atoms with E-state index in [4.69, 9.17) is 10.2 Å². The van der Waals surface area contributed by atoms with Crippen LogP contribution in [-0.2, 0) is 14.4 Å². The molecule has 0 aliphatic carbocycles. The van der Waals surface area contributed by atoms with Crippen LogP contribution in [0.15, 0.2) is 29.2 Å². The van der Waals surface area contributed by atoms with Crippen molar-refractivity contribution in [3.63, 3.8) is 0 Å². The molecule has 210 valence electrons. The van der Waals surface area contributed by atoms with Gasteiger partial charge < -0.3 is 15.1 Å². The SMILES string of the molecule is CCN(C(=O)CCCCCCCCCCCCCCCCC(=O)O)c1ccccc1SCCCC(=O)O. The molecule has 0 fully saturated rings. The molecule has 1 aromatic carbocycles. The monoisotopic (exact) mass is 535 g/mol. The van der Waals surface area contributed by atoms with Crippen LogP contribution in [0.4, 0.5) is 5.69 Å². The minimum absolute atomic E-state index is 0.169. The van der Waals surface area contributed by atoms with E-state index in [0.717, 1.165) is 48.4 Å². The Hall–Kier alpha value is -2.02. The number of rotatable bonds is 24. The summed E-state index contributed by atoms with van der Waals surface area (Å²) in [5, 5.41) is 17.5. The second-order valence-corrected chi connectivity index (χ2v) is 10.9. The summed E-state index contributed by atoms with van der Waals surface area (Å²) in [6.45, 7) is 2.64. The first-order valence-electron chi connectivity index (χ1n) is 14.4. The summed E-state index contributed by atoms with van der Waals surface area (Å²) in [7, 11) is 0. The molecule has 0 aromatic heterocycles. The van der Waals surface area contributed by atoms with Crippen LogP contribution in [0.3, 0.4) is 0 Å². The van der Waals surface area contributed by atoms with Crippen molar-refractivity contribution in [1.82, 2.24) is 0 Å². The molecule has 0 unspecified atom stereocenters. The van der Waals surface area contributed by atoms with Crippen LogP contribution in [0.2, 0.25) is 0 Å². The fraction of sp³-hybridized carbons (Fsp3) is 0.700.